The lowest BCUT2D eigenvalue weighted by molar-refractivity contribution is -0.137. The summed E-state index contributed by atoms with van der Waals surface area (Å²) in [7, 11) is 0. The Kier molecular flexibility index (Phi) is 6.54. The van der Waals surface area contributed by atoms with Crippen LogP contribution >= 0.6 is 11.6 Å². The Morgan fingerprint density at radius 2 is 1.66 bits per heavy atom. The lowest BCUT2D eigenvalue weighted by atomic mass is 10.2. The van der Waals surface area contributed by atoms with Gasteiger partial charge in [-0.2, -0.15) is 13.2 Å². The summed E-state index contributed by atoms with van der Waals surface area (Å²) in [6.45, 7) is 1.64. The number of nitrogens with one attached hydrogen (secondary N) is 2. The minimum atomic E-state index is -4.65. The Bertz CT molecular complexity index is 1170. The molecule has 0 aliphatic heterocycles. The maximum atomic E-state index is 12.9. The average Bonchev–Trinajstić information content (AvgIpc) is 2.71. The topological polar surface area (TPSA) is 106 Å². The number of benzene rings is 2. The molecule has 11 heteroatoms. The largest absolute Gasteiger partial charge is 0.457 e. The number of nitrogens with zero attached hydrogens (tertiary/aromatic N) is 1. The number of aromatic nitrogens is 1. The number of carbonyl (C=O) groups excluding carboxylic acids is 2. The highest BCUT2D eigenvalue weighted by molar-refractivity contribution is 6.31. The maximum absolute atomic E-state index is 12.9. The number of anilines is 2. The molecule has 3 amide bonds. The first-order valence-corrected chi connectivity index (χ1v) is 9.40. The number of halogens is 4. The van der Waals surface area contributed by atoms with Gasteiger partial charge in [0, 0.05) is 23.1 Å². The van der Waals surface area contributed by atoms with Crippen molar-refractivity contribution in [3.63, 3.8) is 0 Å². The summed E-state index contributed by atoms with van der Waals surface area (Å²) >= 11 is 5.57. The summed E-state index contributed by atoms with van der Waals surface area (Å²) < 4.78 is 44.5. The van der Waals surface area contributed by atoms with Crippen LogP contribution in [0, 0.1) is 6.92 Å². The van der Waals surface area contributed by atoms with Crippen LogP contribution < -0.4 is 21.1 Å². The van der Waals surface area contributed by atoms with E-state index in [9.17, 15) is 22.8 Å². The van der Waals surface area contributed by atoms with Gasteiger partial charge in [-0.3, -0.25) is 9.78 Å². The number of urea groups is 1. The number of nitrogens with two attached hydrogens (primary N) is 1. The molecule has 0 fully saturated rings. The molecule has 7 nitrogen and oxygen atoms in total. The summed E-state index contributed by atoms with van der Waals surface area (Å²) in [5, 5.41) is 4.35. The van der Waals surface area contributed by atoms with E-state index in [1.54, 1.807) is 25.1 Å². The number of ether oxygens (including phenoxy) is 1. The van der Waals surface area contributed by atoms with Crippen molar-refractivity contribution in [3.8, 4) is 11.5 Å². The van der Waals surface area contributed by atoms with Crippen molar-refractivity contribution >= 4 is 34.9 Å². The first-order chi connectivity index (χ1) is 15.0. The molecule has 0 atom stereocenters. The summed E-state index contributed by atoms with van der Waals surface area (Å²) in [5.41, 5.74) is 5.08. The van der Waals surface area contributed by atoms with Gasteiger partial charge in [0.05, 0.1) is 10.6 Å². The Labute approximate surface area is 185 Å². The van der Waals surface area contributed by atoms with Crippen LogP contribution in [0.4, 0.5) is 29.3 Å². The lowest BCUT2D eigenvalue weighted by Gasteiger charge is -2.13. The Morgan fingerprint density at radius 1 is 1.03 bits per heavy atom. The van der Waals surface area contributed by atoms with Gasteiger partial charge in [0.2, 0.25) is 0 Å². The first kappa shape index (κ1) is 22.9. The van der Waals surface area contributed by atoms with Gasteiger partial charge in [-0.15, -0.1) is 0 Å². The van der Waals surface area contributed by atoms with Gasteiger partial charge >= 0.3 is 12.2 Å². The van der Waals surface area contributed by atoms with Crippen molar-refractivity contribution in [1.82, 2.24) is 4.98 Å². The Morgan fingerprint density at radius 3 is 2.28 bits per heavy atom. The normalized spacial score (nSPS) is 11.0. The lowest BCUT2D eigenvalue weighted by Crippen LogP contribution is -2.19. The first-order valence-electron chi connectivity index (χ1n) is 9.02. The van der Waals surface area contributed by atoms with E-state index in [1.165, 1.54) is 24.4 Å². The molecule has 0 bridgehead atoms. The molecule has 32 heavy (non-hydrogen) atoms. The van der Waals surface area contributed by atoms with Gasteiger partial charge in [-0.25, -0.2) is 4.79 Å². The molecule has 0 aliphatic rings. The van der Waals surface area contributed by atoms with E-state index in [2.05, 4.69) is 15.6 Å². The zero-order valence-corrected chi connectivity index (χ0v) is 17.2. The molecule has 166 valence electrons. The monoisotopic (exact) mass is 464 g/mol. The third-order valence-electron chi connectivity index (χ3n) is 4.26. The molecule has 4 N–H and O–H groups in total. The minimum absolute atomic E-state index is 0.0717. The molecular weight excluding hydrogens is 449 g/mol. The number of hydrogen-bond donors (Lipinski definition) is 3. The van der Waals surface area contributed by atoms with E-state index in [0.717, 1.165) is 12.1 Å². The van der Waals surface area contributed by atoms with Gasteiger partial charge in [0.1, 0.15) is 17.2 Å². The number of amides is 3. The quantitative estimate of drug-likeness (QED) is 0.457. The molecule has 2 aromatic carbocycles. The standard InChI is InChI=1S/C21H16ClF3N4O3/c1-11-17(8-9-27-18(11)19(26)30)32-14-5-2-12(3-6-14)28-20(31)29-13-4-7-16(22)15(10-13)21(23,24)25/h2-10H,1H3,(H2,26,30)(H2,28,29,31). The summed E-state index contributed by atoms with van der Waals surface area (Å²) in [4.78, 5) is 27.4. The third-order valence-corrected chi connectivity index (χ3v) is 4.59. The average molecular weight is 465 g/mol. The fraction of sp³-hybridized carbons (Fsp3) is 0.0952. The molecule has 0 unspecified atom stereocenters. The van der Waals surface area contributed by atoms with Crippen molar-refractivity contribution in [2.45, 2.75) is 13.1 Å². The van der Waals surface area contributed by atoms with E-state index < -0.39 is 28.7 Å². The van der Waals surface area contributed by atoms with Gasteiger partial charge in [-0.1, -0.05) is 11.6 Å². The van der Waals surface area contributed by atoms with Crippen molar-refractivity contribution in [3.05, 3.63) is 76.6 Å². The smallest absolute Gasteiger partial charge is 0.417 e. The van der Waals surface area contributed by atoms with Crippen LogP contribution in [0.1, 0.15) is 21.6 Å². The highest BCUT2D eigenvalue weighted by Gasteiger charge is 2.33. The molecule has 1 heterocycles. The summed E-state index contributed by atoms with van der Waals surface area (Å²) in [6, 6.07) is 10.1. The fourth-order valence-corrected chi connectivity index (χ4v) is 2.95. The van der Waals surface area contributed by atoms with Crippen LogP contribution in [0.2, 0.25) is 5.02 Å². The highest BCUT2D eigenvalue weighted by atomic mass is 35.5. The molecule has 3 rings (SSSR count). The maximum Gasteiger partial charge on any atom is 0.417 e. The molecule has 0 saturated heterocycles. The fourth-order valence-electron chi connectivity index (χ4n) is 2.72. The molecular formula is C21H16ClF3N4O3. The van der Waals surface area contributed by atoms with E-state index in [-0.39, 0.29) is 11.4 Å². The van der Waals surface area contributed by atoms with Crippen LogP contribution in [-0.2, 0) is 6.18 Å². The zero-order valence-electron chi connectivity index (χ0n) is 16.5. The van der Waals surface area contributed by atoms with Crippen molar-refractivity contribution in [2.75, 3.05) is 10.6 Å². The van der Waals surface area contributed by atoms with E-state index in [1.807, 2.05) is 0 Å². The number of pyridine rings is 1. The van der Waals surface area contributed by atoms with Crippen molar-refractivity contribution in [1.29, 1.82) is 0 Å². The zero-order chi connectivity index (χ0) is 23.5. The number of alkyl halides is 3. The van der Waals surface area contributed by atoms with Crippen molar-refractivity contribution in [2.24, 2.45) is 5.73 Å². The number of carbonyl (C=O) groups is 2. The van der Waals surface area contributed by atoms with Gasteiger partial charge in [-0.05, 0) is 55.5 Å². The molecule has 0 aliphatic carbocycles. The van der Waals surface area contributed by atoms with E-state index >= 15 is 0 Å². The third kappa shape index (κ3) is 5.46. The molecule has 0 radical (unpaired) electrons. The molecule has 0 spiro atoms. The van der Waals surface area contributed by atoms with Crippen LogP contribution in [0.15, 0.2) is 54.7 Å². The van der Waals surface area contributed by atoms with Crippen LogP contribution in [0.3, 0.4) is 0 Å². The summed E-state index contributed by atoms with van der Waals surface area (Å²) in [5.74, 6) is 0.116. The highest BCUT2D eigenvalue weighted by Crippen LogP contribution is 2.36. The second kappa shape index (κ2) is 9.15. The van der Waals surface area contributed by atoms with Crippen LogP contribution in [0.25, 0.3) is 0 Å². The SMILES string of the molecule is Cc1c(Oc2ccc(NC(=O)Nc3ccc(Cl)c(C(F)(F)F)c3)cc2)ccnc1C(N)=O. The second-order valence-corrected chi connectivity index (χ2v) is 6.95. The Balaban J connectivity index is 1.66. The van der Waals surface area contributed by atoms with E-state index in [4.69, 9.17) is 22.1 Å². The van der Waals surface area contributed by atoms with E-state index in [0.29, 0.717) is 22.7 Å². The van der Waals surface area contributed by atoms with Crippen LogP contribution in [0.5, 0.6) is 11.5 Å². The summed E-state index contributed by atoms with van der Waals surface area (Å²) in [6.07, 6.45) is -3.25. The molecule has 1 aromatic heterocycles. The number of primary amides is 1. The molecule has 3 aromatic rings. The van der Waals surface area contributed by atoms with Gasteiger partial charge < -0.3 is 21.1 Å². The van der Waals surface area contributed by atoms with Gasteiger partial charge in [0.25, 0.3) is 5.91 Å². The minimum Gasteiger partial charge on any atom is -0.457 e. The number of rotatable bonds is 5. The predicted molar refractivity (Wildman–Crippen MR) is 113 cm³/mol. The predicted octanol–water partition coefficient (Wildman–Crippen LogP) is 5.60. The Hall–Kier alpha value is -3.79. The van der Waals surface area contributed by atoms with Gasteiger partial charge in [0.15, 0.2) is 0 Å². The van der Waals surface area contributed by atoms with Crippen molar-refractivity contribution < 1.29 is 27.5 Å². The number of hydrogen-bond acceptors (Lipinski definition) is 4. The molecule has 0 saturated carbocycles. The second-order valence-electron chi connectivity index (χ2n) is 6.54. The van der Waals surface area contributed by atoms with Crippen LogP contribution in [-0.4, -0.2) is 16.9 Å².